The maximum atomic E-state index is 10.1. The molecule has 0 atom stereocenters. The highest BCUT2D eigenvalue weighted by molar-refractivity contribution is 6.31. The van der Waals surface area contributed by atoms with Gasteiger partial charge in [-0.1, -0.05) is 35.9 Å². The number of benzene rings is 1. The van der Waals surface area contributed by atoms with Crippen LogP contribution in [0.3, 0.4) is 0 Å². The highest BCUT2D eigenvalue weighted by Gasteiger charge is 1.97. The van der Waals surface area contributed by atoms with Gasteiger partial charge in [0.25, 0.3) is 0 Å². The first-order valence-corrected chi connectivity index (χ1v) is 4.78. The van der Waals surface area contributed by atoms with Crippen LogP contribution in [0.15, 0.2) is 36.4 Å². The lowest BCUT2D eigenvalue weighted by Crippen LogP contribution is -1.95. The minimum Gasteiger partial charge on any atom is -0.478 e. The Kier molecular flexibility index (Phi) is 4.87. The highest BCUT2D eigenvalue weighted by Crippen LogP contribution is 2.15. The topological polar surface area (TPSA) is 46.5 Å². The minimum absolute atomic E-state index is 0.261. The van der Waals surface area contributed by atoms with E-state index in [1.54, 1.807) is 6.07 Å². The van der Waals surface area contributed by atoms with Crippen LogP contribution in [0, 0.1) is 0 Å². The Morgan fingerprint density at radius 1 is 1.47 bits per heavy atom. The van der Waals surface area contributed by atoms with E-state index < -0.39 is 5.97 Å². The third-order valence-corrected chi connectivity index (χ3v) is 2.06. The van der Waals surface area contributed by atoms with Gasteiger partial charge in [0.05, 0.1) is 13.2 Å². The molecule has 0 aliphatic carbocycles. The fourth-order valence-corrected chi connectivity index (χ4v) is 1.19. The van der Waals surface area contributed by atoms with Gasteiger partial charge in [-0.3, -0.25) is 0 Å². The van der Waals surface area contributed by atoms with Crippen molar-refractivity contribution in [2.24, 2.45) is 0 Å². The Morgan fingerprint density at radius 2 is 2.20 bits per heavy atom. The third-order valence-electron chi connectivity index (χ3n) is 1.69. The van der Waals surface area contributed by atoms with Crippen molar-refractivity contribution in [2.75, 3.05) is 6.61 Å². The summed E-state index contributed by atoms with van der Waals surface area (Å²) in [6, 6.07) is 7.37. The minimum atomic E-state index is -0.976. The molecular weight excluding hydrogens is 216 g/mol. The van der Waals surface area contributed by atoms with Gasteiger partial charge in [0.1, 0.15) is 0 Å². The molecule has 3 nitrogen and oxygen atoms in total. The van der Waals surface area contributed by atoms with Crippen molar-refractivity contribution in [3.05, 3.63) is 47.0 Å². The number of carboxylic acid groups (broad SMARTS) is 1. The van der Waals surface area contributed by atoms with E-state index >= 15 is 0 Å². The number of rotatable bonds is 5. The molecule has 0 spiro atoms. The van der Waals surface area contributed by atoms with Crippen LogP contribution in [0.2, 0.25) is 5.02 Å². The van der Waals surface area contributed by atoms with Crippen LogP contribution in [-0.2, 0) is 16.1 Å². The molecule has 0 aliphatic rings. The van der Waals surface area contributed by atoms with Gasteiger partial charge < -0.3 is 9.84 Å². The Bertz CT molecular complexity index is 361. The summed E-state index contributed by atoms with van der Waals surface area (Å²) >= 11 is 5.90. The van der Waals surface area contributed by atoms with E-state index in [-0.39, 0.29) is 6.61 Å². The molecule has 0 fully saturated rings. The van der Waals surface area contributed by atoms with Crippen molar-refractivity contribution < 1.29 is 14.6 Å². The van der Waals surface area contributed by atoms with Gasteiger partial charge in [-0.2, -0.15) is 0 Å². The Hall–Kier alpha value is -1.32. The number of ether oxygens (including phenoxy) is 1. The van der Waals surface area contributed by atoms with Gasteiger partial charge in [-0.05, 0) is 11.6 Å². The van der Waals surface area contributed by atoms with E-state index in [1.165, 1.54) is 6.08 Å². The Morgan fingerprint density at radius 3 is 2.87 bits per heavy atom. The molecule has 1 aromatic carbocycles. The zero-order valence-corrected chi connectivity index (χ0v) is 8.78. The summed E-state index contributed by atoms with van der Waals surface area (Å²) in [5.41, 5.74) is 0.892. The van der Waals surface area contributed by atoms with Crippen LogP contribution in [0.4, 0.5) is 0 Å². The molecule has 15 heavy (non-hydrogen) atoms. The SMILES string of the molecule is O=C(O)C=CCOCc1ccccc1Cl. The van der Waals surface area contributed by atoms with E-state index in [1.807, 2.05) is 18.2 Å². The van der Waals surface area contributed by atoms with Crippen LogP contribution in [0.25, 0.3) is 0 Å². The zero-order valence-electron chi connectivity index (χ0n) is 8.02. The van der Waals surface area contributed by atoms with Crippen LogP contribution in [0.5, 0.6) is 0 Å². The predicted molar refractivity (Wildman–Crippen MR) is 57.9 cm³/mol. The van der Waals surface area contributed by atoms with E-state index in [2.05, 4.69) is 0 Å². The molecule has 0 aromatic heterocycles. The Labute approximate surface area is 92.9 Å². The number of hydrogen-bond acceptors (Lipinski definition) is 2. The molecule has 1 rings (SSSR count). The maximum absolute atomic E-state index is 10.1. The highest BCUT2D eigenvalue weighted by atomic mass is 35.5. The van der Waals surface area contributed by atoms with Gasteiger partial charge >= 0.3 is 5.97 Å². The first-order chi connectivity index (χ1) is 7.20. The number of carbonyl (C=O) groups is 1. The molecule has 0 radical (unpaired) electrons. The molecule has 0 aliphatic heterocycles. The summed E-state index contributed by atoms with van der Waals surface area (Å²) in [5, 5.41) is 8.96. The molecule has 80 valence electrons. The van der Waals surface area contributed by atoms with Gasteiger partial charge in [0, 0.05) is 11.1 Å². The van der Waals surface area contributed by atoms with Crippen molar-refractivity contribution in [1.29, 1.82) is 0 Å². The summed E-state index contributed by atoms with van der Waals surface area (Å²) in [5.74, 6) is -0.976. The van der Waals surface area contributed by atoms with E-state index in [4.69, 9.17) is 21.4 Å². The average molecular weight is 227 g/mol. The molecule has 0 bridgehead atoms. The van der Waals surface area contributed by atoms with E-state index in [0.29, 0.717) is 11.6 Å². The Balaban J connectivity index is 2.32. The number of carboxylic acids is 1. The molecule has 0 saturated carbocycles. The summed E-state index contributed by atoms with van der Waals surface area (Å²) in [6.07, 6.45) is 2.49. The van der Waals surface area contributed by atoms with Crippen LogP contribution < -0.4 is 0 Å². The van der Waals surface area contributed by atoms with Crippen molar-refractivity contribution in [3.63, 3.8) is 0 Å². The molecule has 4 heteroatoms. The summed E-state index contributed by atoms with van der Waals surface area (Å²) in [7, 11) is 0. The first kappa shape index (κ1) is 11.8. The molecule has 1 aromatic rings. The summed E-state index contributed by atoms with van der Waals surface area (Å²) in [4.78, 5) is 10.1. The monoisotopic (exact) mass is 226 g/mol. The van der Waals surface area contributed by atoms with E-state index in [0.717, 1.165) is 11.6 Å². The summed E-state index contributed by atoms with van der Waals surface area (Å²) < 4.78 is 5.22. The lowest BCUT2D eigenvalue weighted by atomic mass is 10.2. The van der Waals surface area contributed by atoms with Crippen molar-refractivity contribution in [2.45, 2.75) is 6.61 Å². The molecule has 0 amide bonds. The van der Waals surface area contributed by atoms with Gasteiger partial charge in [-0.15, -0.1) is 0 Å². The maximum Gasteiger partial charge on any atom is 0.328 e. The molecule has 1 N–H and O–H groups in total. The van der Waals surface area contributed by atoms with Crippen LogP contribution in [0.1, 0.15) is 5.56 Å². The van der Waals surface area contributed by atoms with Crippen molar-refractivity contribution in [3.8, 4) is 0 Å². The predicted octanol–water partition coefficient (Wildman–Crippen LogP) is 2.50. The van der Waals surface area contributed by atoms with Crippen LogP contribution in [-0.4, -0.2) is 17.7 Å². The first-order valence-electron chi connectivity index (χ1n) is 4.41. The van der Waals surface area contributed by atoms with E-state index in [9.17, 15) is 4.79 Å². The average Bonchev–Trinajstić information content (AvgIpc) is 2.20. The second-order valence-electron chi connectivity index (χ2n) is 2.85. The second kappa shape index (κ2) is 6.22. The number of aliphatic carboxylic acids is 1. The molecular formula is C11H11ClO3. The fraction of sp³-hybridized carbons (Fsp3) is 0.182. The molecule has 0 saturated heterocycles. The second-order valence-corrected chi connectivity index (χ2v) is 3.25. The van der Waals surface area contributed by atoms with Gasteiger partial charge in [-0.25, -0.2) is 4.79 Å². The van der Waals surface area contributed by atoms with Crippen molar-refractivity contribution in [1.82, 2.24) is 0 Å². The van der Waals surface area contributed by atoms with Crippen LogP contribution >= 0.6 is 11.6 Å². The largest absolute Gasteiger partial charge is 0.478 e. The third kappa shape index (κ3) is 4.63. The zero-order chi connectivity index (χ0) is 11.1. The number of halogens is 1. The lowest BCUT2D eigenvalue weighted by Gasteiger charge is -2.03. The quantitative estimate of drug-likeness (QED) is 0.620. The van der Waals surface area contributed by atoms with Gasteiger partial charge in [0.2, 0.25) is 0 Å². The smallest absolute Gasteiger partial charge is 0.328 e. The fourth-order valence-electron chi connectivity index (χ4n) is 1.00. The molecule has 0 heterocycles. The normalized spacial score (nSPS) is 10.7. The standard InChI is InChI=1S/C11H11ClO3/c12-10-5-2-1-4-9(10)8-15-7-3-6-11(13)14/h1-6H,7-8H2,(H,13,14). The lowest BCUT2D eigenvalue weighted by molar-refractivity contribution is -0.131. The van der Waals surface area contributed by atoms with Crippen molar-refractivity contribution >= 4 is 17.6 Å². The molecule has 0 unspecified atom stereocenters. The number of hydrogen-bond donors (Lipinski definition) is 1. The summed E-state index contributed by atoms with van der Waals surface area (Å²) in [6.45, 7) is 0.640. The van der Waals surface area contributed by atoms with Gasteiger partial charge in [0.15, 0.2) is 0 Å².